The highest BCUT2D eigenvalue weighted by atomic mass is 35.5. The Morgan fingerprint density at radius 3 is 1.90 bits per heavy atom. The number of ether oxygens (including phenoxy) is 2. The molecule has 3 nitrogen and oxygen atoms in total. The van der Waals surface area contributed by atoms with E-state index in [1.807, 2.05) is 0 Å². The van der Waals surface area contributed by atoms with Gasteiger partial charge in [0.05, 0.1) is 15.6 Å². The molecule has 0 radical (unpaired) electrons. The zero-order chi connectivity index (χ0) is 22.9. The smallest absolute Gasteiger partial charge is 0.421 e. The summed E-state index contributed by atoms with van der Waals surface area (Å²) in [6, 6.07) is 2.06. The van der Waals surface area contributed by atoms with Crippen LogP contribution in [-0.2, 0) is 12.4 Å². The molecule has 0 fully saturated rings. The minimum absolute atomic E-state index is 0.0721. The molecule has 0 atom stereocenters. The lowest BCUT2D eigenvalue weighted by atomic mass is 10.2. The Balaban J connectivity index is 2.47. The predicted molar refractivity (Wildman–Crippen MR) is 101 cm³/mol. The highest BCUT2D eigenvalue weighted by molar-refractivity contribution is 6.55. The van der Waals surface area contributed by atoms with Crippen LogP contribution in [0.5, 0.6) is 17.4 Å². The van der Waals surface area contributed by atoms with Gasteiger partial charge in [-0.15, -0.1) is 0 Å². The molecule has 0 N–H and O–H groups in total. The van der Waals surface area contributed by atoms with Crippen LogP contribution in [0.1, 0.15) is 11.1 Å². The van der Waals surface area contributed by atoms with Crippen LogP contribution >= 0.6 is 58.0 Å². The molecule has 2 rings (SSSR count). The van der Waals surface area contributed by atoms with Gasteiger partial charge in [0, 0.05) is 12.1 Å². The van der Waals surface area contributed by atoms with E-state index >= 15 is 0 Å². The van der Waals surface area contributed by atoms with Gasteiger partial charge in [-0.25, -0.2) is 4.98 Å². The number of halogens is 11. The highest BCUT2D eigenvalue weighted by Crippen LogP contribution is 2.45. The van der Waals surface area contributed by atoms with Crippen LogP contribution in [0.4, 0.5) is 26.3 Å². The molecular formula is C16H6Cl5F6NO2. The second-order valence-electron chi connectivity index (χ2n) is 5.30. The van der Waals surface area contributed by atoms with E-state index in [0.29, 0.717) is 0 Å². The molecule has 0 aliphatic heterocycles. The number of rotatable bonds is 5. The third-order valence-corrected chi connectivity index (χ3v) is 4.37. The van der Waals surface area contributed by atoms with Crippen LogP contribution in [0, 0.1) is 0 Å². The predicted octanol–water partition coefficient (Wildman–Crippen LogP) is 8.57. The Hall–Kier alpha value is -1.26. The Bertz CT molecular complexity index is 951. The van der Waals surface area contributed by atoms with E-state index in [1.54, 1.807) is 0 Å². The maximum Gasteiger partial charge on any atom is 0.421 e. The first-order valence-electron chi connectivity index (χ1n) is 7.36. The molecule has 14 heteroatoms. The monoisotopic (exact) mass is 533 g/mol. The van der Waals surface area contributed by atoms with Gasteiger partial charge < -0.3 is 9.47 Å². The summed E-state index contributed by atoms with van der Waals surface area (Å²) in [5.74, 6) is -1.70. The first kappa shape index (κ1) is 25.0. The lowest BCUT2D eigenvalue weighted by Crippen LogP contribution is -2.14. The molecule has 0 aliphatic rings. The average molecular weight is 535 g/mol. The van der Waals surface area contributed by atoms with Gasteiger partial charge in [-0.05, 0) is 12.1 Å². The maximum atomic E-state index is 13.3. The molecule has 164 valence electrons. The molecule has 1 aromatic carbocycles. The van der Waals surface area contributed by atoms with E-state index in [4.69, 9.17) is 67.5 Å². The SMILES string of the molecule is FC(F)(F)c1cc(C(F)(F)F)c(Oc2c(Cl)cc(OCC=C(Cl)Cl)cc2Cl)nc1Cl. The Morgan fingerprint density at radius 2 is 1.43 bits per heavy atom. The fourth-order valence-corrected chi connectivity index (χ4v) is 2.88. The molecule has 0 saturated heterocycles. The molecule has 0 bridgehead atoms. The van der Waals surface area contributed by atoms with Crippen molar-refractivity contribution in [2.75, 3.05) is 6.61 Å². The number of aromatic nitrogens is 1. The minimum atomic E-state index is -5.25. The topological polar surface area (TPSA) is 31.4 Å². The van der Waals surface area contributed by atoms with Crippen molar-refractivity contribution in [1.29, 1.82) is 0 Å². The van der Waals surface area contributed by atoms with Gasteiger partial charge in [-0.1, -0.05) is 58.0 Å². The zero-order valence-corrected chi connectivity index (χ0v) is 17.7. The zero-order valence-electron chi connectivity index (χ0n) is 13.9. The quantitative estimate of drug-likeness (QED) is 0.284. The molecule has 0 spiro atoms. The molecule has 0 aliphatic carbocycles. The van der Waals surface area contributed by atoms with Crippen LogP contribution in [0.3, 0.4) is 0 Å². The van der Waals surface area contributed by atoms with Gasteiger partial charge in [-0.3, -0.25) is 0 Å². The van der Waals surface area contributed by atoms with Gasteiger partial charge in [0.2, 0.25) is 5.88 Å². The summed E-state index contributed by atoms with van der Waals surface area (Å²) in [6.45, 7) is -0.0799. The summed E-state index contributed by atoms with van der Waals surface area (Å²) in [5.41, 5.74) is -3.61. The third-order valence-electron chi connectivity index (χ3n) is 3.21. The van der Waals surface area contributed by atoms with E-state index in [0.717, 1.165) is 12.1 Å². The number of pyridine rings is 1. The Kier molecular flexibility index (Phi) is 7.90. The number of hydrogen-bond acceptors (Lipinski definition) is 3. The second-order valence-corrected chi connectivity index (χ2v) is 7.48. The molecule has 0 saturated carbocycles. The Labute approximate surface area is 190 Å². The summed E-state index contributed by atoms with van der Waals surface area (Å²) in [7, 11) is 0. The van der Waals surface area contributed by atoms with Gasteiger partial charge in [-0.2, -0.15) is 26.3 Å². The van der Waals surface area contributed by atoms with Crippen molar-refractivity contribution < 1.29 is 35.8 Å². The van der Waals surface area contributed by atoms with E-state index in [9.17, 15) is 26.3 Å². The van der Waals surface area contributed by atoms with Crippen molar-refractivity contribution in [2.24, 2.45) is 0 Å². The maximum absolute atomic E-state index is 13.3. The molecule has 1 heterocycles. The van der Waals surface area contributed by atoms with Crippen molar-refractivity contribution >= 4 is 58.0 Å². The van der Waals surface area contributed by atoms with Crippen molar-refractivity contribution in [3.8, 4) is 17.4 Å². The molecule has 0 unspecified atom stereocenters. The standard InChI is InChI=1S/C16H6Cl5F6NO2/c17-9-3-6(29-2-1-11(19)20)4-10(18)12(9)30-14-8(16(25,26)27)5-7(13(21)28-14)15(22,23)24/h1,3-5H,2H2. The first-order chi connectivity index (χ1) is 13.7. The largest absolute Gasteiger partial charge is 0.489 e. The van der Waals surface area contributed by atoms with Crippen LogP contribution in [0.2, 0.25) is 15.2 Å². The summed E-state index contributed by atoms with van der Waals surface area (Å²) in [6.07, 6.45) is -9.13. The van der Waals surface area contributed by atoms with Crippen molar-refractivity contribution in [1.82, 2.24) is 4.98 Å². The highest BCUT2D eigenvalue weighted by Gasteiger charge is 2.42. The molecule has 0 amide bonds. The molecule has 30 heavy (non-hydrogen) atoms. The minimum Gasteiger partial charge on any atom is -0.489 e. The van der Waals surface area contributed by atoms with Crippen molar-refractivity contribution in [3.05, 3.63) is 55.1 Å². The van der Waals surface area contributed by atoms with Gasteiger partial charge in [0.25, 0.3) is 0 Å². The third kappa shape index (κ3) is 6.37. The fourth-order valence-electron chi connectivity index (χ4n) is 1.97. The van der Waals surface area contributed by atoms with Crippen LogP contribution in [0.25, 0.3) is 0 Å². The lowest BCUT2D eigenvalue weighted by Gasteiger charge is -2.17. The lowest BCUT2D eigenvalue weighted by molar-refractivity contribution is -0.144. The van der Waals surface area contributed by atoms with E-state index in [-0.39, 0.29) is 33.0 Å². The van der Waals surface area contributed by atoms with Gasteiger partial charge in [0.15, 0.2) is 5.75 Å². The Morgan fingerprint density at radius 1 is 0.900 bits per heavy atom. The first-order valence-corrected chi connectivity index (χ1v) is 9.25. The van der Waals surface area contributed by atoms with E-state index < -0.39 is 40.3 Å². The van der Waals surface area contributed by atoms with Gasteiger partial charge >= 0.3 is 12.4 Å². The average Bonchev–Trinajstić information content (AvgIpc) is 2.55. The second kappa shape index (κ2) is 9.48. The molecule has 1 aromatic heterocycles. The fraction of sp³-hybridized carbons (Fsp3) is 0.188. The number of benzene rings is 1. The summed E-state index contributed by atoms with van der Waals surface area (Å²) in [4.78, 5) is 3.09. The number of nitrogens with zero attached hydrogens (tertiary/aromatic N) is 1. The molecule has 2 aromatic rings. The van der Waals surface area contributed by atoms with Crippen molar-refractivity contribution in [2.45, 2.75) is 12.4 Å². The normalized spacial score (nSPS) is 12.0. The number of alkyl halides is 6. The van der Waals surface area contributed by atoms with E-state index in [2.05, 4.69) is 4.98 Å². The van der Waals surface area contributed by atoms with Crippen LogP contribution in [-0.4, -0.2) is 11.6 Å². The summed E-state index contributed by atoms with van der Waals surface area (Å²) in [5, 5.41) is -1.88. The summed E-state index contributed by atoms with van der Waals surface area (Å²) >= 11 is 28.2. The van der Waals surface area contributed by atoms with Gasteiger partial charge in [0.1, 0.15) is 27.6 Å². The van der Waals surface area contributed by atoms with Crippen LogP contribution < -0.4 is 9.47 Å². The number of hydrogen-bond donors (Lipinski definition) is 0. The molecular weight excluding hydrogens is 529 g/mol. The van der Waals surface area contributed by atoms with Crippen molar-refractivity contribution in [3.63, 3.8) is 0 Å². The summed E-state index contributed by atoms with van der Waals surface area (Å²) < 4.78 is 88.6. The van der Waals surface area contributed by atoms with Crippen LogP contribution in [0.15, 0.2) is 28.8 Å². The van der Waals surface area contributed by atoms with E-state index in [1.165, 1.54) is 6.08 Å².